The van der Waals surface area contributed by atoms with E-state index in [1.54, 1.807) is 14.2 Å². The zero-order chi connectivity index (χ0) is 13.8. The van der Waals surface area contributed by atoms with Crippen LogP contribution in [0.1, 0.15) is 16.0 Å². The van der Waals surface area contributed by atoms with E-state index in [2.05, 4.69) is 44.0 Å². The van der Waals surface area contributed by atoms with Gasteiger partial charge in [0.2, 0.25) is 0 Å². The van der Waals surface area contributed by atoms with Gasteiger partial charge in [0, 0.05) is 10.5 Å². The van der Waals surface area contributed by atoms with Crippen LogP contribution in [-0.2, 0) is 0 Å². The molecule has 0 fully saturated rings. The minimum Gasteiger partial charge on any atom is -0.497 e. The molecule has 0 aliphatic carbocycles. The second-order valence-electron chi connectivity index (χ2n) is 4.06. The molecule has 0 saturated heterocycles. The number of benzene rings is 2. The number of hydrogen-bond donors (Lipinski definition) is 0. The molecule has 1 atom stereocenters. The molecule has 2 aromatic carbocycles. The van der Waals surface area contributed by atoms with Crippen molar-refractivity contribution in [2.75, 3.05) is 14.2 Å². The summed E-state index contributed by atoms with van der Waals surface area (Å²) >= 11 is 7.16. The van der Waals surface area contributed by atoms with Crippen LogP contribution in [0.15, 0.2) is 46.9 Å². The molecule has 0 bridgehead atoms. The molecular weight excluding hydrogens is 372 g/mol. The van der Waals surface area contributed by atoms with Gasteiger partial charge in [-0.1, -0.05) is 44.0 Å². The predicted octanol–water partition coefficient (Wildman–Crippen LogP) is 4.95. The van der Waals surface area contributed by atoms with E-state index in [1.165, 1.54) is 5.56 Å². The van der Waals surface area contributed by atoms with E-state index in [9.17, 15) is 0 Å². The first-order valence-electron chi connectivity index (χ1n) is 5.76. The van der Waals surface area contributed by atoms with Crippen LogP contribution >= 0.6 is 31.9 Å². The summed E-state index contributed by atoms with van der Waals surface area (Å²) in [7, 11) is 3.31. The van der Waals surface area contributed by atoms with E-state index in [-0.39, 0.29) is 4.83 Å². The Balaban J connectivity index is 2.37. The first-order chi connectivity index (χ1) is 9.13. The van der Waals surface area contributed by atoms with Gasteiger partial charge in [0.25, 0.3) is 0 Å². The molecule has 2 nitrogen and oxygen atoms in total. The average Bonchev–Trinajstić information content (AvgIpc) is 2.46. The molecule has 100 valence electrons. The first kappa shape index (κ1) is 14.4. The fourth-order valence-corrected chi connectivity index (χ4v) is 2.63. The predicted molar refractivity (Wildman–Crippen MR) is 84.5 cm³/mol. The number of hydrogen-bond acceptors (Lipinski definition) is 2. The van der Waals surface area contributed by atoms with E-state index in [1.807, 2.05) is 30.3 Å². The largest absolute Gasteiger partial charge is 0.497 e. The average molecular weight is 386 g/mol. The number of methoxy groups -OCH3 is 2. The van der Waals surface area contributed by atoms with Gasteiger partial charge in [0.05, 0.1) is 19.0 Å². The monoisotopic (exact) mass is 384 g/mol. The van der Waals surface area contributed by atoms with Crippen molar-refractivity contribution in [2.24, 2.45) is 0 Å². The third-order valence-corrected chi connectivity index (χ3v) is 4.42. The van der Waals surface area contributed by atoms with Gasteiger partial charge in [-0.2, -0.15) is 0 Å². The van der Waals surface area contributed by atoms with Crippen LogP contribution in [0.4, 0.5) is 0 Å². The topological polar surface area (TPSA) is 18.5 Å². The van der Waals surface area contributed by atoms with Gasteiger partial charge in [-0.3, -0.25) is 0 Å². The lowest BCUT2D eigenvalue weighted by Crippen LogP contribution is -1.95. The van der Waals surface area contributed by atoms with Gasteiger partial charge >= 0.3 is 0 Å². The molecule has 0 spiro atoms. The highest BCUT2D eigenvalue weighted by atomic mass is 79.9. The van der Waals surface area contributed by atoms with Gasteiger partial charge in [-0.05, 0) is 35.4 Å². The summed E-state index contributed by atoms with van der Waals surface area (Å²) in [6.45, 7) is 0. The van der Waals surface area contributed by atoms with Crippen molar-refractivity contribution in [1.29, 1.82) is 0 Å². The Bertz CT molecular complexity index is 530. The molecule has 1 unspecified atom stereocenters. The molecule has 2 rings (SSSR count). The van der Waals surface area contributed by atoms with Crippen molar-refractivity contribution in [3.05, 3.63) is 58.1 Å². The Kier molecular flexibility index (Phi) is 4.88. The van der Waals surface area contributed by atoms with Crippen molar-refractivity contribution < 1.29 is 9.47 Å². The standard InChI is InChI=1S/C15H14Br2O2/c1-18-13-7-11(8-14(9-13)19-2)15(17)10-3-5-12(16)6-4-10/h3-9,15H,1-2H3. The maximum Gasteiger partial charge on any atom is 0.122 e. The lowest BCUT2D eigenvalue weighted by molar-refractivity contribution is 0.393. The second-order valence-corrected chi connectivity index (χ2v) is 5.89. The summed E-state index contributed by atoms with van der Waals surface area (Å²) in [6.07, 6.45) is 0. The zero-order valence-corrected chi connectivity index (χ0v) is 13.9. The van der Waals surface area contributed by atoms with Crippen molar-refractivity contribution in [1.82, 2.24) is 0 Å². The first-order valence-corrected chi connectivity index (χ1v) is 7.47. The van der Waals surface area contributed by atoms with Crippen molar-refractivity contribution in [3.63, 3.8) is 0 Å². The minimum absolute atomic E-state index is 0.101. The van der Waals surface area contributed by atoms with Crippen LogP contribution in [0.2, 0.25) is 0 Å². The summed E-state index contributed by atoms with van der Waals surface area (Å²) in [6, 6.07) is 14.1. The van der Waals surface area contributed by atoms with Gasteiger partial charge in [-0.15, -0.1) is 0 Å². The molecule has 0 amide bonds. The van der Waals surface area contributed by atoms with Crippen molar-refractivity contribution in [2.45, 2.75) is 4.83 Å². The van der Waals surface area contributed by atoms with Gasteiger partial charge in [0.1, 0.15) is 11.5 Å². The third-order valence-electron chi connectivity index (χ3n) is 2.83. The van der Waals surface area contributed by atoms with Crippen LogP contribution in [-0.4, -0.2) is 14.2 Å². The van der Waals surface area contributed by atoms with Gasteiger partial charge in [-0.25, -0.2) is 0 Å². The van der Waals surface area contributed by atoms with E-state index < -0.39 is 0 Å². The molecule has 0 N–H and O–H groups in total. The van der Waals surface area contributed by atoms with Crippen LogP contribution in [0.25, 0.3) is 0 Å². The number of halogens is 2. The van der Waals surface area contributed by atoms with Crippen molar-refractivity contribution in [3.8, 4) is 11.5 Å². The quantitative estimate of drug-likeness (QED) is 0.693. The highest BCUT2D eigenvalue weighted by Gasteiger charge is 2.13. The summed E-state index contributed by atoms with van der Waals surface area (Å²) in [5.41, 5.74) is 2.28. The molecule has 0 aliphatic rings. The fourth-order valence-electron chi connectivity index (χ4n) is 1.80. The highest BCUT2D eigenvalue weighted by Crippen LogP contribution is 2.35. The molecule has 0 aliphatic heterocycles. The number of alkyl halides is 1. The van der Waals surface area contributed by atoms with Crippen LogP contribution in [0.3, 0.4) is 0 Å². The Hall–Kier alpha value is -1.00. The lowest BCUT2D eigenvalue weighted by atomic mass is 10.0. The van der Waals surface area contributed by atoms with E-state index in [0.29, 0.717) is 0 Å². The SMILES string of the molecule is COc1cc(OC)cc(C(Br)c2ccc(Br)cc2)c1. The van der Waals surface area contributed by atoms with Gasteiger partial charge in [0.15, 0.2) is 0 Å². The minimum atomic E-state index is 0.101. The molecule has 19 heavy (non-hydrogen) atoms. The molecule has 0 heterocycles. The smallest absolute Gasteiger partial charge is 0.122 e. The molecule has 4 heteroatoms. The van der Waals surface area contributed by atoms with Gasteiger partial charge < -0.3 is 9.47 Å². The summed E-state index contributed by atoms with van der Waals surface area (Å²) in [4.78, 5) is 0.101. The molecular formula is C15H14Br2O2. The Morgan fingerprint density at radius 3 is 1.84 bits per heavy atom. The number of rotatable bonds is 4. The molecule has 0 saturated carbocycles. The van der Waals surface area contributed by atoms with E-state index >= 15 is 0 Å². The molecule has 0 radical (unpaired) electrons. The molecule has 0 aromatic heterocycles. The molecule has 2 aromatic rings. The second kappa shape index (κ2) is 6.44. The highest BCUT2D eigenvalue weighted by molar-refractivity contribution is 9.10. The Labute approximate surface area is 130 Å². The summed E-state index contributed by atoms with van der Waals surface area (Å²) < 4.78 is 11.7. The summed E-state index contributed by atoms with van der Waals surface area (Å²) in [5, 5.41) is 0. The normalized spacial score (nSPS) is 12.0. The van der Waals surface area contributed by atoms with Crippen LogP contribution in [0.5, 0.6) is 11.5 Å². The third kappa shape index (κ3) is 3.51. The maximum absolute atomic E-state index is 5.29. The van der Waals surface area contributed by atoms with Crippen molar-refractivity contribution >= 4 is 31.9 Å². The summed E-state index contributed by atoms with van der Waals surface area (Å²) in [5.74, 6) is 1.58. The zero-order valence-electron chi connectivity index (χ0n) is 10.7. The van der Waals surface area contributed by atoms with Crippen LogP contribution in [0, 0.1) is 0 Å². The maximum atomic E-state index is 5.29. The number of ether oxygens (including phenoxy) is 2. The lowest BCUT2D eigenvalue weighted by Gasteiger charge is -2.14. The van der Waals surface area contributed by atoms with Crippen LogP contribution < -0.4 is 9.47 Å². The Morgan fingerprint density at radius 1 is 0.842 bits per heavy atom. The van der Waals surface area contributed by atoms with E-state index in [0.717, 1.165) is 21.5 Å². The Morgan fingerprint density at radius 2 is 1.37 bits per heavy atom. The van der Waals surface area contributed by atoms with E-state index in [4.69, 9.17) is 9.47 Å². The fraction of sp³-hybridized carbons (Fsp3) is 0.200.